The Morgan fingerprint density at radius 2 is 0.409 bits per heavy atom. The molecule has 11 aromatic rings. The molecule has 0 aliphatic rings. The first kappa shape index (κ1) is 87.1. The fraction of sp³-hybridized carbons (Fsp3) is 0.175. The molecule has 580 valence electrons. The predicted molar refractivity (Wildman–Crippen MR) is 378 cm³/mol. The lowest BCUT2D eigenvalue weighted by Crippen LogP contribution is -3.61. The molecule has 0 radical (unpaired) electrons. The number of rotatable bonds is 15. The molecule has 11 rings (SSSR count). The molecule has 11 aromatic carbocycles. The first-order valence-electron chi connectivity index (χ1n) is 32.4. The third-order valence-electron chi connectivity index (χ3n) is 16.7. The van der Waals surface area contributed by atoms with Gasteiger partial charge in [0.05, 0.1) is 0 Å². The molecular formula is C80H64F15IO9S5. The van der Waals surface area contributed by atoms with Crippen LogP contribution in [0.2, 0.25) is 0 Å². The second kappa shape index (κ2) is 35.1. The maximum Gasteiger partial charge on any atom is 0.357 e. The van der Waals surface area contributed by atoms with Crippen molar-refractivity contribution in [1.82, 2.24) is 0 Å². The van der Waals surface area contributed by atoms with E-state index >= 15 is 0 Å². The van der Waals surface area contributed by atoms with Gasteiger partial charge in [-0.15, -0.1) is 0 Å². The molecule has 0 bridgehead atoms. The van der Waals surface area contributed by atoms with Crippen LogP contribution >= 0.6 is 0 Å². The van der Waals surface area contributed by atoms with Crippen LogP contribution in [0.5, 0.6) is 0 Å². The topological polar surface area (TPSA) is 172 Å². The van der Waals surface area contributed by atoms with Gasteiger partial charge in [0.25, 0.3) is 0 Å². The van der Waals surface area contributed by atoms with Gasteiger partial charge in [-0.25, -0.2) is 91.1 Å². The van der Waals surface area contributed by atoms with Crippen molar-refractivity contribution in [1.29, 1.82) is 0 Å². The lowest BCUT2D eigenvalue weighted by Gasteiger charge is -2.17. The van der Waals surface area contributed by atoms with Crippen LogP contribution in [0.3, 0.4) is 0 Å². The van der Waals surface area contributed by atoms with Gasteiger partial charge in [0.15, 0.2) is 106 Å². The van der Waals surface area contributed by atoms with Crippen LogP contribution in [0.1, 0.15) is 89.0 Å². The van der Waals surface area contributed by atoms with E-state index in [9.17, 15) is 105 Å². The van der Waals surface area contributed by atoms with Crippen molar-refractivity contribution in [3.8, 4) is 0 Å². The van der Waals surface area contributed by atoms with E-state index in [2.05, 4.69) is 229 Å². The summed E-state index contributed by atoms with van der Waals surface area (Å²) in [5.74, 6) is -38.5. The quantitative estimate of drug-likeness (QED) is 0.0242. The van der Waals surface area contributed by atoms with Crippen LogP contribution in [0, 0.1) is 177 Å². The highest BCUT2D eigenvalue weighted by atomic mass is 127. The van der Waals surface area contributed by atoms with Crippen molar-refractivity contribution in [2.45, 2.75) is 140 Å². The zero-order valence-corrected chi connectivity index (χ0v) is 66.3. The highest BCUT2D eigenvalue weighted by molar-refractivity contribution is 7.97. The van der Waals surface area contributed by atoms with Crippen molar-refractivity contribution in [3.05, 3.63) is 329 Å². The van der Waals surface area contributed by atoms with Gasteiger partial charge in [0, 0.05) is 44.5 Å². The SMILES string of the molecule is Cc1cc(C)c([S+](c2ccc(Cc3ccc([I+]c4ccc(Cc5ccc([S+](c6c(C)cc(C)cc6C)c6c(C)cc(C)cc6C)cc5)cc4)cc3)cc2)c2c(C)cc(C)cc2C)c(C)c1.O=S(=O)([O-])c1c(F)c(F)c(F)c(F)c1F.O=S(=O)([O-])c1c(F)c(F)c(F)c(F)c1F.O=S(=O)([O-])c1c(F)c(F)c(F)c(F)c1F. The van der Waals surface area contributed by atoms with Crippen molar-refractivity contribution in [2.24, 2.45) is 0 Å². The summed E-state index contributed by atoms with van der Waals surface area (Å²) in [6.07, 6.45) is 1.87. The Labute approximate surface area is 642 Å². The first-order valence-corrected chi connectivity index (χ1v) is 41.2. The van der Waals surface area contributed by atoms with Gasteiger partial charge in [-0.1, -0.05) is 119 Å². The van der Waals surface area contributed by atoms with E-state index in [1.807, 2.05) is 0 Å². The molecule has 0 N–H and O–H groups in total. The Balaban J connectivity index is 0.000000270. The molecule has 0 saturated carbocycles. The number of aryl methyl sites for hydroxylation is 12. The minimum atomic E-state index is -5.77. The normalized spacial score (nSPS) is 11.7. The van der Waals surface area contributed by atoms with E-state index in [0.717, 1.165) is 12.8 Å². The lowest BCUT2D eigenvalue weighted by atomic mass is 10.1. The highest BCUT2D eigenvalue weighted by Gasteiger charge is 2.39. The summed E-state index contributed by atoms with van der Waals surface area (Å²) < 4.78 is 282. The molecule has 0 unspecified atom stereocenters. The maximum absolute atomic E-state index is 12.6. The Kier molecular flexibility index (Phi) is 27.8. The first-order chi connectivity index (χ1) is 51.1. The van der Waals surface area contributed by atoms with Gasteiger partial charge in [0.2, 0.25) is 17.5 Å². The van der Waals surface area contributed by atoms with Crippen molar-refractivity contribution >= 4 is 52.1 Å². The fourth-order valence-electron chi connectivity index (χ4n) is 12.5. The molecule has 0 spiro atoms. The van der Waals surface area contributed by atoms with Gasteiger partial charge in [0.1, 0.15) is 66.8 Å². The molecule has 30 heteroatoms. The molecule has 9 nitrogen and oxygen atoms in total. The van der Waals surface area contributed by atoms with E-state index in [1.165, 1.54) is 126 Å². The van der Waals surface area contributed by atoms with Crippen LogP contribution in [0.4, 0.5) is 65.9 Å². The Bertz CT molecular complexity index is 5030. The molecule has 0 aromatic heterocycles. The fourth-order valence-corrected chi connectivity index (χ4v) is 21.7. The Morgan fingerprint density at radius 3 is 0.573 bits per heavy atom. The van der Waals surface area contributed by atoms with Crippen LogP contribution in [0.25, 0.3) is 0 Å². The van der Waals surface area contributed by atoms with Crippen LogP contribution in [-0.4, -0.2) is 38.9 Å². The van der Waals surface area contributed by atoms with E-state index in [1.54, 1.807) is 0 Å². The minimum absolute atomic E-state index is 0.182. The Morgan fingerprint density at radius 1 is 0.255 bits per heavy atom. The van der Waals surface area contributed by atoms with Crippen LogP contribution in [0.15, 0.2) is 190 Å². The third kappa shape index (κ3) is 19.7. The van der Waals surface area contributed by atoms with Gasteiger partial charge >= 0.3 is 21.2 Å². The average molecular weight is 1740 g/mol. The maximum atomic E-state index is 12.6. The van der Waals surface area contributed by atoms with E-state index in [0.29, 0.717) is 0 Å². The van der Waals surface area contributed by atoms with Gasteiger partial charge < -0.3 is 13.7 Å². The third-order valence-corrected chi connectivity index (χ3v) is 27.6. The second-order valence-electron chi connectivity index (χ2n) is 25.6. The summed E-state index contributed by atoms with van der Waals surface area (Å²) in [5.41, 5.74) is 21.8. The number of hydrogen-bond donors (Lipinski definition) is 0. The number of hydrogen-bond acceptors (Lipinski definition) is 9. The largest absolute Gasteiger partial charge is 0.744 e. The molecule has 0 heterocycles. The number of halogens is 16. The lowest BCUT2D eigenvalue weighted by molar-refractivity contribution is -0.597. The highest BCUT2D eigenvalue weighted by Crippen LogP contribution is 2.42. The molecule has 0 aliphatic carbocycles. The van der Waals surface area contributed by atoms with E-state index < -0.39 is 132 Å². The summed E-state index contributed by atoms with van der Waals surface area (Å²) >= 11 is -0.262. The zero-order chi connectivity index (χ0) is 82.0. The minimum Gasteiger partial charge on any atom is -0.744 e. The summed E-state index contributed by atoms with van der Waals surface area (Å²) in [5, 5.41) is 0. The summed E-state index contributed by atoms with van der Waals surface area (Å²) in [6, 6.07) is 56.7. The molecule has 0 saturated heterocycles. The van der Waals surface area contributed by atoms with Gasteiger partial charge in [-0.2, -0.15) is 0 Å². The van der Waals surface area contributed by atoms with E-state index in [-0.39, 0.29) is 43.0 Å². The van der Waals surface area contributed by atoms with Crippen molar-refractivity contribution < 1.29 is 126 Å². The van der Waals surface area contributed by atoms with E-state index in [4.69, 9.17) is 0 Å². The van der Waals surface area contributed by atoms with Gasteiger partial charge in [-0.3, -0.25) is 0 Å². The average Bonchev–Trinajstić information content (AvgIpc) is 0.790. The van der Waals surface area contributed by atoms with Crippen molar-refractivity contribution in [2.75, 3.05) is 0 Å². The summed E-state index contributed by atoms with van der Waals surface area (Å²) in [7, 11) is -17.7. The molecule has 0 fully saturated rings. The molecule has 0 amide bonds. The standard InChI is InChI=1S/C62H64IS2.3C6HF5O3S/c1-39-29-43(5)59(44(6)30-39)64(60-45(7)31-40(2)32-46(60)8)57-25-17-53(18-26-57)37-51-13-21-55(22-14-51)63-56-23-15-52(16-24-56)38-54-19-27-58(28-20-54)65(61-47(9)33-41(3)34-48(61)10)62-49(11)35-42(4)36-50(62)12;3*7-1-2(8)4(10)6(15(12,13)14)5(11)3(1)9/h13-36H,37-38H2,1-12H3;3*(H,12,13,14)/q+3;;;/p-3. The monoisotopic (exact) mass is 1740 g/mol. The second-order valence-corrected chi connectivity index (χ2v) is 36.4. The smallest absolute Gasteiger partial charge is 0.357 e. The van der Waals surface area contributed by atoms with Crippen molar-refractivity contribution in [3.63, 3.8) is 0 Å². The van der Waals surface area contributed by atoms with Crippen LogP contribution < -0.4 is 21.2 Å². The van der Waals surface area contributed by atoms with Gasteiger partial charge in [-0.05, 0) is 167 Å². The molecular weight excluding hydrogens is 1680 g/mol. The zero-order valence-electron chi connectivity index (χ0n) is 60.0. The molecule has 0 aliphatic heterocycles. The number of benzene rings is 11. The summed E-state index contributed by atoms with van der Waals surface area (Å²) in [6.45, 7) is 27.2. The predicted octanol–water partition coefficient (Wildman–Crippen LogP) is 16.7. The summed E-state index contributed by atoms with van der Waals surface area (Å²) in [4.78, 5) is 1.52. The molecule has 0 atom stereocenters. The van der Waals surface area contributed by atoms with Crippen LogP contribution in [-0.2, 0) is 65.0 Å². The molecule has 110 heavy (non-hydrogen) atoms. The Hall–Kier alpha value is -8.47.